The molecule has 5 nitrogen and oxygen atoms in total. The number of nitrogens with two attached hydrogens (primary N) is 1. The first-order chi connectivity index (χ1) is 8.47. The van der Waals surface area contributed by atoms with Crippen LogP contribution in [0.1, 0.15) is 43.4 Å². The van der Waals surface area contributed by atoms with E-state index < -0.39 is 0 Å². The quantitative estimate of drug-likeness (QED) is 0.802. The molecule has 18 heavy (non-hydrogen) atoms. The number of aryl methyl sites for hydroxylation is 2. The second kappa shape index (κ2) is 6.54. The lowest BCUT2D eigenvalue weighted by atomic mass is 10.0. The first-order valence-electron chi connectivity index (χ1n) is 6.53. The Morgan fingerprint density at radius 1 is 1.56 bits per heavy atom. The Bertz CT molecular complexity index is 398. The van der Waals surface area contributed by atoms with Crippen molar-refractivity contribution in [2.75, 3.05) is 6.54 Å². The molecule has 0 bridgehead atoms. The van der Waals surface area contributed by atoms with E-state index in [1.165, 1.54) is 0 Å². The van der Waals surface area contributed by atoms with Crippen LogP contribution < -0.4 is 11.1 Å². The van der Waals surface area contributed by atoms with Gasteiger partial charge in [-0.25, -0.2) is 0 Å². The van der Waals surface area contributed by atoms with Crippen molar-refractivity contribution < 1.29 is 4.79 Å². The number of carbonyl (C=O) groups is 1. The van der Waals surface area contributed by atoms with Gasteiger partial charge >= 0.3 is 0 Å². The van der Waals surface area contributed by atoms with E-state index in [9.17, 15) is 4.79 Å². The SMILES string of the molecule is CCn1nc(C)cc1C(=O)NC(CN)CC(C)C. The molecule has 1 aromatic heterocycles. The number of carbonyl (C=O) groups excluding carboxylic acids is 1. The summed E-state index contributed by atoms with van der Waals surface area (Å²) >= 11 is 0. The van der Waals surface area contributed by atoms with Gasteiger partial charge in [0.1, 0.15) is 5.69 Å². The van der Waals surface area contributed by atoms with Crippen molar-refractivity contribution in [3.8, 4) is 0 Å². The largest absolute Gasteiger partial charge is 0.347 e. The number of aromatic nitrogens is 2. The van der Waals surface area contributed by atoms with E-state index in [-0.39, 0.29) is 11.9 Å². The Morgan fingerprint density at radius 2 is 2.22 bits per heavy atom. The van der Waals surface area contributed by atoms with Crippen molar-refractivity contribution in [2.45, 2.75) is 46.7 Å². The molecular weight excluding hydrogens is 228 g/mol. The van der Waals surface area contributed by atoms with Gasteiger partial charge in [0, 0.05) is 19.1 Å². The Kier molecular flexibility index (Phi) is 5.34. The van der Waals surface area contributed by atoms with Gasteiger partial charge in [-0.2, -0.15) is 5.10 Å². The zero-order valence-corrected chi connectivity index (χ0v) is 11.7. The molecule has 1 rings (SSSR count). The third-order valence-corrected chi connectivity index (χ3v) is 2.81. The van der Waals surface area contributed by atoms with Gasteiger partial charge in [-0.1, -0.05) is 13.8 Å². The minimum atomic E-state index is -0.0893. The van der Waals surface area contributed by atoms with Crippen LogP contribution in [0.3, 0.4) is 0 Å². The monoisotopic (exact) mass is 252 g/mol. The molecule has 1 aromatic rings. The number of hydrogen-bond acceptors (Lipinski definition) is 3. The molecule has 102 valence electrons. The van der Waals surface area contributed by atoms with E-state index in [0.29, 0.717) is 24.7 Å². The van der Waals surface area contributed by atoms with Crippen LogP contribution in [0.15, 0.2) is 6.07 Å². The molecule has 0 aliphatic rings. The van der Waals surface area contributed by atoms with E-state index >= 15 is 0 Å². The van der Waals surface area contributed by atoms with Crippen LogP contribution in [0.25, 0.3) is 0 Å². The summed E-state index contributed by atoms with van der Waals surface area (Å²) < 4.78 is 1.72. The summed E-state index contributed by atoms with van der Waals surface area (Å²) in [4.78, 5) is 12.2. The van der Waals surface area contributed by atoms with E-state index in [1.807, 2.05) is 19.9 Å². The van der Waals surface area contributed by atoms with Crippen LogP contribution in [-0.2, 0) is 6.54 Å². The van der Waals surface area contributed by atoms with Crippen LogP contribution in [-0.4, -0.2) is 28.3 Å². The van der Waals surface area contributed by atoms with Gasteiger partial charge < -0.3 is 11.1 Å². The minimum Gasteiger partial charge on any atom is -0.347 e. The van der Waals surface area contributed by atoms with Crippen molar-refractivity contribution in [3.63, 3.8) is 0 Å². The summed E-state index contributed by atoms with van der Waals surface area (Å²) in [5.41, 5.74) is 7.15. The van der Waals surface area contributed by atoms with E-state index in [2.05, 4.69) is 24.3 Å². The zero-order valence-electron chi connectivity index (χ0n) is 11.7. The fraction of sp³-hybridized carbons (Fsp3) is 0.692. The van der Waals surface area contributed by atoms with Gasteiger partial charge in [0.05, 0.1) is 5.69 Å². The van der Waals surface area contributed by atoms with Crippen LogP contribution in [0.4, 0.5) is 0 Å². The maximum atomic E-state index is 12.2. The molecule has 0 spiro atoms. The predicted octanol–water partition coefficient (Wildman–Crippen LogP) is 1.31. The second-order valence-corrected chi connectivity index (χ2v) is 5.02. The second-order valence-electron chi connectivity index (χ2n) is 5.02. The van der Waals surface area contributed by atoms with Crippen LogP contribution in [0.5, 0.6) is 0 Å². The van der Waals surface area contributed by atoms with E-state index in [0.717, 1.165) is 12.1 Å². The Morgan fingerprint density at radius 3 is 2.72 bits per heavy atom. The average Bonchev–Trinajstić information content (AvgIpc) is 2.69. The normalized spacial score (nSPS) is 12.8. The Balaban J connectivity index is 2.74. The highest BCUT2D eigenvalue weighted by atomic mass is 16.2. The molecule has 1 heterocycles. The molecule has 0 radical (unpaired) electrons. The van der Waals surface area contributed by atoms with Gasteiger partial charge in [-0.05, 0) is 32.3 Å². The summed E-state index contributed by atoms with van der Waals surface area (Å²) in [6, 6.07) is 1.83. The van der Waals surface area contributed by atoms with Crippen molar-refractivity contribution in [1.82, 2.24) is 15.1 Å². The third-order valence-electron chi connectivity index (χ3n) is 2.81. The Hall–Kier alpha value is -1.36. The van der Waals surface area contributed by atoms with Gasteiger partial charge in [-0.15, -0.1) is 0 Å². The van der Waals surface area contributed by atoms with Crippen molar-refractivity contribution in [2.24, 2.45) is 11.7 Å². The zero-order chi connectivity index (χ0) is 13.7. The summed E-state index contributed by atoms with van der Waals surface area (Å²) in [5.74, 6) is 0.422. The summed E-state index contributed by atoms with van der Waals surface area (Å²) in [6.07, 6.45) is 0.890. The number of rotatable bonds is 6. The maximum absolute atomic E-state index is 12.2. The highest BCUT2D eigenvalue weighted by Gasteiger charge is 2.17. The number of hydrogen-bond donors (Lipinski definition) is 2. The van der Waals surface area contributed by atoms with Crippen LogP contribution >= 0.6 is 0 Å². The van der Waals surface area contributed by atoms with Crippen LogP contribution in [0.2, 0.25) is 0 Å². The molecule has 0 aliphatic carbocycles. The molecule has 0 fully saturated rings. The highest BCUT2D eigenvalue weighted by molar-refractivity contribution is 5.92. The predicted molar refractivity (Wildman–Crippen MR) is 72.4 cm³/mol. The Labute approximate surface area is 109 Å². The first-order valence-corrected chi connectivity index (χ1v) is 6.53. The molecule has 0 aliphatic heterocycles. The topological polar surface area (TPSA) is 72.9 Å². The van der Waals surface area contributed by atoms with Gasteiger partial charge in [0.15, 0.2) is 0 Å². The third kappa shape index (κ3) is 3.84. The lowest BCUT2D eigenvalue weighted by Gasteiger charge is -2.18. The molecule has 0 saturated carbocycles. The number of nitrogens with zero attached hydrogens (tertiary/aromatic N) is 2. The van der Waals surface area contributed by atoms with Gasteiger partial charge in [-0.3, -0.25) is 9.48 Å². The van der Waals surface area contributed by atoms with E-state index in [1.54, 1.807) is 4.68 Å². The fourth-order valence-corrected chi connectivity index (χ4v) is 2.01. The smallest absolute Gasteiger partial charge is 0.269 e. The number of nitrogens with one attached hydrogen (secondary N) is 1. The molecule has 3 N–H and O–H groups in total. The first kappa shape index (κ1) is 14.7. The van der Waals surface area contributed by atoms with Crippen LogP contribution in [0, 0.1) is 12.8 Å². The lowest BCUT2D eigenvalue weighted by Crippen LogP contribution is -2.41. The highest BCUT2D eigenvalue weighted by Crippen LogP contribution is 2.07. The summed E-state index contributed by atoms with van der Waals surface area (Å²) in [5, 5.41) is 7.25. The van der Waals surface area contributed by atoms with Gasteiger partial charge in [0.2, 0.25) is 0 Å². The fourth-order valence-electron chi connectivity index (χ4n) is 2.01. The molecule has 1 amide bonds. The molecule has 0 saturated heterocycles. The lowest BCUT2D eigenvalue weighted by molar-refractivity contribution is 0.0923. The molecular formula is C13H24N4O. The van der Waals surface area contributed by atoms with Crippen molar-refractivity contribution in [3.05, 3.63) is 17.5 Å². The maximum Gasteiger partial charge on any atom is 0.269 e. The van der Waals surface area contributed by atoms with E-state index in [4.69, 9.17) is 5.73 Å². The van der Waals surface area contributed by atoms with Crippen molar-refractivity contribution >= 4 is 5.91 Å². The van der Waals surface area contributed by atoms with Gasteiger partial charge in [0.25, 0.3) is 5.91 Å². The standard InChI is InChI=1S/C13H24N4O/c1-5-17-12(7-10(4)16-17)13(18)15-11(8-14)6-9(2)3/h7,9,11H,5-6,8,14H2,1-4H3,(H,15,18). The molecule has 0 aromatic carbocycles. The minimum absolute atomic E-state index is 0.0259. The summed E-state index contributed by atoms with van der Waals surface area (Å²) in [7, 11) is 0. The molecule has 1 unspecified atom stereocenters. The molecule has 5 heteroatoms. The number of amides is 1. The molecule has 1 atom stereocenters. The average molecular weight is 252 g/mol. The van der Waals surface area contributed by atoms with Crippen molar-refractivity contribution in [1.29, 1.82) is 0 Å². The summed E-state index contributed by atoms with van der Waals surface area (Å²) in [6.45, 7) is 9.25.